The number of carbonyl (C=O) groups is 1. The number of aryl methyl sites for hydroxylation is 1. The third kappa shape index (κ3) is 3.72. The number of aromatic nitrogens is 3. The summed E-state index contributed by atoms with van der Waals surface area (Å²) in [7, 11) is 1.67. The van der Waals surface area contributed by atoms with E-state index in [9.17, 15) is 9.59 Å². The van der Waals surface area contributed by atoms with Crippen molar-refractivity contribution in [2.45, 2.75) is 13.8 Å². The van der Waals surface area contributed by atoms with Crippen molar-refractivity contribution in [1.82, 2.24) is 20.0 Å². The molecule has 0 saturated carbocycles. The number of rotatable bonds is 6. The molecule has 8 nitrogen and oxygen atoms in total. The van der Waals surface area contributed by atoms with E-state index >= 15 is 0 Å². The first-order valence-corrected chi connectivity index (χ1v) is 10.2. The van der Waals surface area contributed by atoms with Gasteiger partial charge in [0.2, 0.25) is 0 Å². The van der Waals surface area contributed by atoms with E-state index < -0.39 is 11.7 Å². The molecule has 4 aromatic rings. The standard InChI is InChI=1S/C24H23N5O3/c1-4-32-23(30)18-15(2)26-22-20(19(18)16-11-7-5-8-12-16)21(28-25-3)27-24(31)29(22)17-13-9-6-10-14-17/h5-14,25H,4H2,1-3H3,(H,27,28,31). The molecule has 0 unspecified atom stereocenters. The molecule has 0 amide bonds. The van der Waals surface area contributed by atoms with E-state index in [-0.39, 0.29) is 12.4 Å². The van der Waals surface area contributed by atoms with Gasteiger partial charge in [0, 0.05) is 12.6 Å². The molecule has 2 heterocycles. The normalized spacial score (nSPS) is 10.8. The van der Waals surface area contributed by atoms with E-state index in [2.05, 4.69) is 15.8 Å². The number of nitrogens with one attached hydrogen (secondary N) is 2. The van der Waals surface area contributed by atoms with E-state index in [0.29, 0.717) is 33.5 Å². The first-order chi connectivity index (χ1) is 15.6. The highest BCUT2D eigenvalue weighted by molar-refractivity contribution is 6.10. The molecule has 0 aliphatic carbocycles. The van der Waals surface area contributed by atoms with Crippen LogP contribution < -0.4 is 16.5 Å². The van der Waals surface area contributed by atoms with Crippen molar-refractivity contribution in [2.24, 2.45) is 0 Å². The Hall–Kier alpha value is -4.04. The number of hydrazine groups is 1. The number of carbonyl (C=O) groups excluding carboxylic acids is 1. The van der Waals surface area contributed by atoms with Crippen LogP contribution in [-0.4, -0.2) is 34.2 Å². The van der Waals surface area contributed by atoms with Crippen molar-refractivity contribution < 1.29 is 9.53 Å². The van der Waals surface area contributed by atoms with Crippen molar-refractivity contribution in [3.8, 4) is 16.8 Å². The van der Waals surface area contributed by atoms with Crippen LogP contribution in [0.1, 0.15) is 23.0 Å². The van der Waals surface area contributed by atoms with Gasteiger partial charge in [-0.15, -0.1) is 0 Å². The zero-order valence-electron chi connectivity index (χ0n) is 18.0. The highest BCUT2D eigenvalue weighted by atomic mass is 16.5. The fraction of sp³-hybridized carbons (Fsp3) is 0.167. The molecule has 4 rings (SSSR count). The maximum Gasteiger partial charge on any atom is 0.355 e. The molecule has 0 saturated heterocycles. The van der Waals surface area contributed by atoms with Crippen LogP contribution in [0.3, 0.4) is 0 Å². The molecule has 0 spiro atoms. The van der Waals surface area contributed by atoms with Crippen molar-refractivity contribution >= 4 is 22.8 Å². The zero-order valence-corrected chi connectivity index (χ0v) is 18.0. The van der Waals surface area contributed by atoms with Gasteiger partial charge < -0.3 is 10.2 Å². The Labute approximate surface area is 184 Å². The molecule has 0 aliphatic heterocycles. The van der Waals surface area contributed by atoms with Gasteiger partial charge in [-0.25, -0.2) is 24.6 Å². The average Bonchev–Trinajstić information content (AvgIpc) is 2.79. The molecule has 2 N–H and O–H groups in total. The quantitative estimate of drug-likeness (QED) is 0.358. The smallest absolute Gasteiger partial charge is 0.355 e. The number of hydrogen-bond acceptors (Lipinski definition) is 7. The van der Waals surface area contributed by atoms with Crippen LogP contribution in [-0.2, 0) is 4.74 Å². The number of fused-ring (bicyclic) bond motifs is 1. The summed E-state index contributed by atoms with van der Waals surface area (Å²) in [6.07, 6.45) is 0. The van der Waals surface area contributed by atoms with Gasteiger partial charge in [0.1, 0.15) is 0 Å². The Morgan fingerprint density at radius 3 is 2.31 bits per heavy atom. The molecule has 0 fully saturated rings. The van der Waals surface area contributed by atoms with Crippen LogP contribution in [0.2, 0.25) is 0 Å². The van der Waals surface area contributed by atoms with Crippen LogP contribution in [0.4, 0.5) is 5.82 Å². The second-order valence-corrected chi connectivity index (χ2v) is 7.02. The summed E-state index contributed by atoms with van der Waals surface area (Å²) >= 11 is 0. The number of para-hydroxylation sites is 1. The molecular formula is C24H23N5O3. The lowest BCUT2D eigenvalue weighted by Crippen LogP contribution is -2.27. The largest absolute Gasteiger partial charge is 0.462 e. The fourth-order valence-electron chi connectivity index (χ4n) is 3.73. The lowest BCUT2D eigenvalue weighted by molar-refractivity contribution is 0.0526. The van der Waals surface area contributed by atoms with E-state index in [1.54, 1.807) is 20.9 Å². The molecule has 0 bridgehead atoms. The summed E-state index contributed by atoms with van der Waals surface area (Å²) in [6.45, 7) is 3.73. The van der Waals surface area contributed by atoms with Crippen LogP contribution in [0.25, 0.3) is 27.8 Å². The lowest BCUT2D eigenvalue weighted by Gasteiger charge is -2.19. The molecule has 2 aromatic carbocycles. The first kappa shape index (κ1) is 21.2. The van der Waals surface area contributed by atoms with Crippen molar-refractivity contribution in [1.29, 1.82) is 0 Å². The minimum Gasteiger partial charge on any atom is -0.462 e. The third-order valence-electron chi connectivity index (χ3n) is 5.01. The highest BCUT2D eigenvalue weighted by Crippen LogP contribution is 2.36. The number of hydrogen-bond donors (Lipinski definition) is 2. The minimum atomic E-state index is -0.490. The van der Waals surface area contributed by atoms with Gasteiger partial charge in [-0.2, -0.15) is 4.98 Å². The van der Waals surface area contributed by atoms with E-state index in [0.717, 1.165) is 5.56 Å². The van der Waals surface area contributed by atoms with Crippen LogP contribution in [0.5, 0.6) is 0 Å². The van der Waals surface area contributed by atoms with E-state index in [1.165, 1.54) is 4.57 Å². The summed E-state index contributed by atoms with van der Waals surface area (Å²) in [5, 5.41) is 0.530. The summed E-state index contributed by atoms with van der Waals surface area (Å²) in [5.74, 6) is -0.206. The molecular weight excluding hydrogens is 406 g/mol. The Balaban J connectivity index is 2.23. The van der Waals surface area contributed by atoms with Gasteiger partial charge in [0.15, 0.2) is 11.5 Å². The number of anilines is 1. The maximum atomic E-state index is 13.1. The predicted octanol–water partition coefficient (Wildman–Crippen LogP) is 3.48. The van der Waals surface area contributed by atoms with Crippen LogP contribution in [0, 0.1) is 6.92 Å². The van der Waals surface area contributed by atoms with Gasteiger partial charge >= 0.3 is 11.7 Å². The van der Waals surface area contributed by atoms with Crippen molar-refractivity contribution in [3.05, 3.63) is 82.4 Å². The summed E-state index contributed by atoms with van der Waals surface area (Å²) in [6, 6.07) is 18.6. The summed E-state index contributed by atoms with van der Waals surface area (Å²) < 4.78 is 6.80. The zero-order chi connectivity index (χ0) is 22.7. The molecule has 32 heavy (non-hydrogen) atoms. The highest BCUT2D eigenvalue weighted by Gasteiger charge is 2.26. The van der Waals surface area contributed by atoms with Gasteiger partial charge in [-0.3, -0.25) is 0 Å². The van der Waals surface area contributed by atoms with Crippen LogP contribution >= 0.6 is 0 Å². The molecule has 0 atom stereocenters. The number of ether oxygens (including phenoxy) is 1. The molecule has 8 heteroatoms. The predicted molar refractivity (Wildman–Crippen MR) is 124 cm³/mol. The number of benzene rings is 2. The van der Waals surface area contributed by atoms with Crippen molar-refractivity contribution in [3.63, 3.8) is 0 Å². The van der Waals surface area contributed by atoms with E-state index in [1.807, 2.05) is 60.7 Å². The Bertz CT molecular complexity index is 1340. The summed E-state index contributed by atoms with van der Waals surface area (Å²) in [4.78, 5) is 35.0. The number of esters is 1. The van der Waals surface area contributed by atoms with Gasteiger partial charge in [0.05, 0.1) is 28.9 Å². The molecule has 0 aliphatic rings. The van der Waals surface area contributed by atoms with E-state index in [4.69, 9.17) is 9.72 Å². The van der Waals surface area contributed by atoms with Gasteiger partial charge in [0.25, 0.3) is 0 Å². The monoisotopic (exact) mass is 429 g/mol. The maximum absolute atomic E-state index is 13.1. The molecule has 2 aromatic heterocycles. The second-order valence-electron chi connectivity index (χ2n) is 7.02. The van der Waals surface area contributed by atoms with Gasteiger partial charge in [-0.1, -0.05) is 48.5 Å². The van der Waals surface area contributed by atoms with Crippen molar-refractivity contribution in [2.75, 3.05) is 19.1 Å². The lowest BCUT2D eigenvalue weighted by atomic mass is 9.95. The Kier molecular flexibility index (Phi) is 5.96. The van der Waals surface area contributed by atoms with Crippen LogP contribution in [0.15, 0.2) is 65.5 Å². The SMILES string of the molecule is CCOC(=O)c1c(C)nc2c(c(NNC)nc(=O)n2-c2ccccc2)c1-c1ccccc1. The van der Waals surface area contributed by atoms with Gasteiger partial charge in [-0.05, 0) is 31.5 Å². The topological polar surface area (TPSA) is 98.1 Å². The molecule has 162 valence electrons. The summed E-state index contributed by atoms with van der Waals surface area (Å²) in [5.41, 5.74) is 8.46. The number of pyridine rings is 1. The second kappa shape index (κ2) is 8.99. The number of nitrogens with zero attached hydrogens (tertiary/aromatic N) is 3. The first-order valence-electron chi connectivity index (χ1n) is 10.2. The molecule has 0 radical (unpaired) electrons. The fourth-order valence-corrected chi connectivity index (χ4v) is 3.73. The third-order valence-corrected chi connectivity index (χ3v) is 5.01. The average molecular weight is 429 g/mol. The minimum absolute atomic E-state index is 0.230. The Morgan fingerprint density at radius 2 is 1.69 bits per heavy atom. The Morgan fingerprint density at radius 1 is 1.03 bits per heavy atom.